The molecule has 0 aliphatic heterocycles. The van der Waals surface area contributed by atoms with Crippen molar-refractivity contribution in [2.75, 3.05) is 12.0 Å². The summed E-state index contributed by atoms with van der Waals surface area (Å²) in [4.78, 5) is 26.0. The largest absolute Gasteiger partial charge is 0.467 e. The Morgan fingerprint density at radius 2 is 1.67 bits per heavy atom. The minimum Gasteiger partial charge on any atom is -0.467 e. The quantitative estimate of drug-likeness (QED) is 0.794. The number of nitrogens with zero attached hydrogens (tertiary/aromatic N) is 1. The lowest BCUT2D eigenvalue weighted by molar-refractivity contribution is -0.141. The lowest BCUT2D eigenvalue weighted by Gasteiger charge is -2.30. The first kappa shape index (κ1) is 17.8. The Bertz CT molecular complexity index is 748. The summed E-state index contributed by atoms with van der Waals surface area (Å²) < 4.78 is 10.3. The van der Waals surface area contributed by atoms with E-state index in [1.54, 1.807) is 33.8 Å². The number of amides is 1. The van der Waals surface area contributed by atoms with Gasteiger partial charge in [-0.1, -0.05) is 30.3 Å². The summed E-state index contributed by atoms with van der Waals surface area (Å²) in [6.45, 7) is 6.97. The van der Waals surface area contributed by atoms with Crippen molar-refractivity contribution in [2.24, 2.45) is 0 Å². The highest BCUT2D eigenvalue weighted by molar-refractivity contribution is 5.98. The summed E-state index contributed by atoms with van der Waals surface area (Å²) in [6.07, 6.45) is -0.587. The zero-order valence-electron chi connectivity index (χ0n) is 14.7. The van der Waals surface area contributed by atoms with Crippen LogP contribution in [-0.2, 0) is 14.3 Å². The van der Waals surface area contributed by atoms with Gasteiger partial charge in [-0.15, -0.1) is 0 Å². The molecule has 0 radical (unpaired) electrons. The molecule has 1 atom stereocenters. The molecule has 0 aliphatic carbocycles. The molecule has 0 aliphatic rings. The second-order valence-corrected chi connectivity index (χ2v) is 6.58. The molecule has 2 aromatic rings. The van der Waals surface area contributed by atoms with E-state index in [0.717, 1.165) is 10.8 Å². The second kappa shape index (κ2) is 6.91. The van der Waals surface area contributed by atoms with Crippen molar-refractivity contribution in [1.29, 1.82) is 0 Å². The average Bonchev–Trinajstić information content (AvgIpc) is 2.52. The van der Waals surface area contributed by atoms with Gasteiger partial charge in [0, 0.05) is 5.69 Å². The molecule has 0 heterocycles. The number of esters is 1. The van der Waals surface area contributed by atoms with Crippen LogP contribution >= 0.6 is 0 Å². The fraction of sp³-hybridized carbons (Fsp3) is 0.368. The van der Waals surface area contributed by atoms with Gasteiger partial charge in [-0.05, 0) is 50.6 Å². The van der Waals surface area contributed by atoms with Crippen molar-refractivity contribution >= 4 is 28.5 Å². The standard InChI is InChI=1S/C19H23NO4/c1-13(17(21)23-5)20(18(22)24-19(2,3)4)16-11-10-14-8-6-7-9-15(14)12-16/h6-13H,1-5H3/t13-/m0/s1. The number of carbonyl (C=O) groups is 2. The number of fused-ring (bicyclic) bond motifs is 1. The molecule has 24 heavy (non-hydrogen) atoms. The Morgan fingerprint density at radius 3 is 2.25 bits per heavy atom. The Hall–Kier alpha value is -2.56. The maximum Gasteiger partial charge on any atom is 0.415 e. The Morgan fingerprint density at radius 1 is 1.04 bits per heavy atom. The fourth-order valence-electron chi connectivity index (χ4n) is 2.40. The predicted octanol–water partition coefficient (Wildman–Crippen LogP) is 4.14. The summed E-state index contributed by atoms with van der Waals surface area (Å²) in [5.41, 5.74) is -0.0805. The van der Waals surface area contributed by atoms with Gasteiger partial charge in [0.15, 0.2) is 0 Å². The Balaban J connectivity index is 2.46. The van der Waals surface area contributed by atoms with Gasteiger partial charge in [0.05, 0.1) is 7.11 Å². The molecule has 0 unspecified atom stereocenters. The number of ether oxygens (including phenoxy) is 2. The highest BCUT2D eigenvalue weighted by Crippen LogP contribution is 2.26. The van der Waals surface area contributed by atoms with E-state index < -0.39 is 23.7 Å². The number of carbonyl (C=O) groups excluding carboxylic acids is 2. The SMILES string of the molecule is COC(=O)[C@H](C)N(C(=O)OC(C)(C)C)c1ccc2ccccc2c1. The van der Waals surface area contributed by atoms with Crippen molar-refractivity contribution in [3.63, 3.8) is 0 Å². The van der Waals surface area contributed by atoms with Crippen LogP contribution in [0.15, 0.2) is 42.5 Å². The van der Waals surface area contributed by atoms with Crippen LogP contribution in [0.4, 0.5) is 10.5 Å². The van der Waals surface area contributed by atoms with Gasteiger partial charge < -0.3 is 9.47 Å². The zero-order chi connectivity index (χ0) is 17.9. The molecule has 128 valence electrons. The summed E-state index contributed by atoms with van der Waals surface area (Å²) in [5.74, 6) is -0.506. The average molecular weight is 329 g/mol. The van der Waals surface area contributed by atoms with Crippen LogP contribution < -0.4 is 4.90 Å². The molecule has 0 bridgehead atoms. The molecule has 0 fully saturated rings. The Kier molecular flexibility index (Phi) is 5.12. The number of hydrogen-bond acceptors (Lipinski definition) is 4. The molecular formula is C19H23NO4. The molecule has 5 heteroatoms. The minimum atomic E-state index is -0.800. The molecule has 2 rings (SSSR count). The lowest BCUT2D eigenvalue weighted by Crippen LogP contribution is -2.46. The lowest BCUT2D eigenvalue weighted by atomic mass is 10.1. The molecule has 0 N–H and O–H groups in total. The molecule has 1 amide bonds. The zero-order valence-corrected chi connectivity index (χ0v) is 14.7. The van der Waals surface area contributed by atoms with E-state index in [1.807, 2.05) is 36.4 Å². The van der Waals surface area contributed by atoms with Crippen molar-refractivity contribution < 1.29 is 19.1 Å². The van der Waals surface area contributed by atoms with Crippen LogP contribution in [0.25, 0.3) is 10.8 Å². The number of anilines is 1. The highest BCUT2D eigenvalue weighted by atomic mass is 16.6. The van der Waals surface area contributed by atoms with Crippen LogP contribution in [0.1, 0.15) is 27.7 Å². The third-order valence-electron chi connectivity index (χ3n) is 3.53. The minimum absolute atomic E-state index is 0.506. The molecule has 5 nitrogen and oxygen atoms in total. The molecular weight excluding hydrogens is 306 g/mol. The Labute approximate surface area is 142 Å². The summed E-state index contributed by atoms with van der Waals surface area (Å²) in [6, 6.07) is 12.6. The van der Waals surface area contributed by atoms with Crippen molar-refractivity contribution in [3.05, 3.63) is 42.5 Å². The van der Waals surface area contributed by atoms with Crippen LogP contribution in [0.5, 0.6) is 0 Å². The van der Waals surface area contributed by atoms with Gasteiger partial charge >= 0.3 is 12.1 Å². The molecule has 0 saturated carbocycles. The second-order valence-electron chi connectivity index (χ2n) is 6.58. The van der Waals surface area contributed by atoms with Crippen molar-refractivity contribution in [1.82, 2.24) is 0 Å². The third-order valence-corrected chi connectivity index (χ3v) is 3.53. The van der Waals surface area contributed by atoms with Crippen LogP contribution in [-0.4, -0.2) is 30.8 Å². The first-order valence-corrected chi connectivity index (χ1v) is 7.82. The fourth-order valence-corrected chi connectivity index (χ4v) is 2.40. The monoisotopic (exact) mass is 329 g/mol. The van der Waals surface area contributed by atoms with Gasteiger partial charge in [0.1, 0.15) is 11.6 Å². The summed E-state index contributed by atoms with van der Waals surface area (Å²) in [7, 11) is 1.30. The van der Waals surface area contributed by atoms with Gasteiger partial charge in [-0.25, -0.2) is 9.59 Å². The van der Waals surface area contributed by atoms with Gasteiger partial charge in [0.25, 0.3) is 0 Å². The van der Waals surface area contributed by atoms with Crippen LogP contribution in [0.3, 0.4) is 0 Å². The maximum atomic E-state index is 12.7. The molecule has 2 aromatic carbocycles. The molecule has 0 aromatic heterocycles. The summed E-state index contributed by atoms with van der Waals surface area (Å²) in [5, 5.41) is 2.02. The third kappa shape index (κ3) is 4.04. The number of rotatable bonds is 3. The van der Waals surface area contributed by atoms with Crippen LogP contribution in [0, 0.1) is 0 Å². The highest BCUT2D eigenvalue weighted by Gasteiger charge is 2.32. The van der Waals surface area contributed by atoms with Crippen molar-refractivity contribution in [2.45, 2.75) is 39.3 Å². The van der Waals surface area contributed by atoms with Gasteiger partial charge in [-0.2, -0.15) is 0 Å². The van der Waals surface area contributed by atoms with Gasteiger partial charge in [0.2, 0.25) is 0 Å². The first-order valence-electron chi connectivity index (χ1n) is 7.82. The predicted molar refractivity (Wildman–Crippen MR) is 94.1 cm³/mol. The van der Waals surface area contributed by atoms with Crippen molar-refractivity contribution in [3.8, 4) is 0 Å². The van der Waals surface area contributed by atoms with E-state index in [1.165, 1.54) is 12.0 Å². The van der Waals surface area contributed by atoms with E-state index in [2.05, 4.69) is 0 Å². The molecule has 0 spiro atoms. The topological polar surface area (TPSA) is 55.8 Å². The number of methoxy groups -OCH3 is 1. The summed E-state index contributed by atoms with van der Waals surface area (Å²) >= 11 is 0. The normalized spacial score (nSPS) is 12.5. The van der Waals surface area contributed by atoms with Crippen LogP contribution in [0.2, 0.25) is 0 Å². The van der Waals surface area contributed by atoms with Gasteiger partial charge in [-0.3, -0.25) is 4.90 Å². The van der Waals surface area contributed by atoms with E-state index in [4.69, 9.17) is 9.47 Å². The maximum absolute atomic E-state index is 12.7. The number of benzene rings is 2. The van der Waals surface area contributed by atoms with E-state index in [0.29, 0.717) is 5.69 Å². The smallest absolute Gasteiger partial charge is 0.415 e. The molecule has 0 saturated heterocycles. The number of hydrogen-bond donors (Lipinski definition) is 0. The van der Waals surface area contributed by atoms with E-state index >= 15 is 0 Å². The van der Waals surface area contributed by atoms with E-state index in [9.17, 15) is 9.59 Å². The first-order chi connectivity index (χ1) is 11.2. The van der Waals surface area contributed by atoms with E-state index in [-0.39, 0.29) is 0 Å².